The van der Waals surface area contributed by atoms with Gasteiger partial charge in [-0.15, -0.1) is 0 Å². The predicted octanol–water partition coefficient (Wildman–Crippen LogP) is 15.4. The highest BCUT2D eigenvalue weighted by Gasteiger charge is 2.20. The molecular formula is C54H37NO. The van der Waals surface area contributed by atoms with Gasteiger partial charge in [-0.05, 0) is 116 Å². The van der Waals surface area contributed by atoms with Crippen LogP contribution in [0.25, 0.3) is 77.6 Å². The second kappa shape index (κ2) is 14.4. The average Bonchev–Trinajstić information content (AvgIpc) is 3.67. The Kier molecular flexibility index (Phi) is 8.55. The molecule has 0 saturated carbocycles. The smallest absolute Gasteiger partial charge is 0.137 e. The van der Waals surface area contributed by atoms with Crippen molar-refractivity contribution < 1.29 is 4.42 Å². The van der Waals surface area contributed by atoms with Crippen LogP contribution in [-0.2, 0) is 0 Å². The monoisotopic (exact) mass is 715 g/mol. The third kappa shape index (κ3) is 6.34. The SMILES string of the molecule is c1ccc(-c2cccc(-c3ccc(N(c4ccc(-c5cccc(-c6ccccc6)c5)cc4)c4cccc5oc6ccc(-c7ccccc7)cc6c45)cc3)c2)cc1. The Hall–Kier alpha value is -7.42. The maximum atomic E-state index is 6.53. The minimum atomic E-state index is 0.858. The molecule has 0 radical (unpaired) electrons. The van der Waals surface area contributed by atoms with Crippen molar-refractivity contribution in [3.8, 4) is 55.6 Å². The van der Waals surface area contributed by atoms with E-state index in [2.05, 4.69) is 229 Å². The minimum Gasteiger partial charge on any atom is -0.456 e. The maximum absolute atomic E-state index is 6.53. The van der Waals surface area contributed by atoms with Gasteiger partial charge in [0, 0.05) is 16.8 Å². The lowest BCUT2D eigenvalue weighted by Crippen LogP contribution is -2.10. The fourth-order valence-electron chi connectivity index (χ4n) is 7.86. The summed E-state index contributed by atoms with van der Waals surface area (Å²) in [6.07, 6.45) is 0. The van der Waals surface area contributed by atoms with Crippen molar-refractivity contribution in [2.45, 2.75) is 0 Å². The number of hydrogen-bond donors (Lipinski definition) is 0. The normalized spacial score (nSPS) is 11.2. The molecule has 0 bridgehead atoms. The first-order valence-electron chi connectivity index (χ1n) is 19.1. The van der Waals surface area contributed by atoms with Gasteiger partial charge in [0.15, 0.2) is 0 Å². The van der Waals surface area contributed by atoms with E-state index in [4.69, 9.17) is 4.42 Å². The first-order valence-corrected chi connectivity index (χ1v) is 19.1. The third-order valence-electron chi connectivity index (χ3n) is 10.7. The predicted molar refractivity (Wildman–Crippen MR) is 236 cm³/mol. The fourth-order valence-corrected chi connectivity index (χ4v) is 7.86. The van der Waals surface area contributed by atoms with Crippen LogP contribution in [0.1, 0.15) is 0 Å². The molecule has 0 saturated heterocycles. The first-order chi connectivity index (χ1) is 27.7. The number of rotatable bonds is 8. The Balaban J connectivity index is 1.09. The van der Waals surface area contributed by atoms with Crippen molar-refractivity contribution >= 4 is 39.0 Å². The van der Waals surface area contributed by atoms with E-state index >= 15 is 0 Å². The van der Waals surface area contributed by atoms with Crippen molar-refractivity contribution in [1.29, 1.82) is 0 Å². The second-order valence-corrected chi connectivity index (χ2v) is 14.2. The van der Waals surface area contributed by atoms with Crippen LogP contribution in [0.15, 0.2) is 229 Å². The lowest BCUT2D eigenvalue weighted by atomic mass is 9.98. The zero-order valence-electron chi connectivity index (χ0n) is 30.7. The van der Waals surface area contributed by atoms with E-state index in [1.165, 1.54) is 50.1 Å². The molecule has 1 aromatic heterocycles. The molecule has 0 N–H and O–H groups in total. The highest BCUT2D eigenvalue weighted by Crippen LogP contribution is 2.44. The Bertz CT molecular complexity index is 2800. The van der Waals surface area contributed by atoms with Gasteiger partial charge in [-0.1, -0.05) is 164 Å². The topological polar surface area (TPSA) is 16.4 Å². The van der Waals surface area contributed by atoms with Crippen molar-refractivity contribution in [2.24, 2.45) is 0 Å². The van der Waals surface area contributed by atoms with E-state index in [1.807, 2.05) is 0 Å². The largest absolute Gasteiger partial charge is 0.456 e. The van der Waals surface area contributed by atoms with Crippen LogP contribution in [0.5, 0.6) is 0 Å². The van der Waals surface area contributed by atoms with Crippen LogP contribution in [0.3, 0.4) is 0 Å². The molecule has 0 spiro atoms. The van der Waals surface area contributed by atoms with Crippen LogP contribution in [-0.4, -0.2) is 0 Å². The second-order valence-electron chi connectivity index (χ2n) is 14.2. The highest BCUT2D eigenvalue weighted by atomic mass is 16.3. The zero-order valence-corrected chi connectivity index (χ0v) is 30.7. The molecule has 0 atom stereocenters. The van der Waals surface area contributed by atoms with Gasteiger partial charge in [-0.25, -0.2) is 0 Å². The lowest BCUT2D eigenvalue weighted by molar-refractivity contribution is 0.669. The molecule has 1 heterocycles. The van der Waals surface area contributed by atoms with Crippen LogP contribution < -0.4 is 4.90 Å². The summed E-state index contributed by atoms with van der Waals surface area (Å²) in [5.74, 6) is 0. The average molecular weight is 716 g/mol. The molecule has 0 aliphatic heterocycles. The molecule has 10 aromatic rings. The van der Waals surface area contributed by atoms with Gasteiger partial charge in [-0.3, -0.25) is 0 Å². The Labute approximate surface area is 327 Å². The van der Waals surface area contributed by atoms with E-state index in [1.54, 1.807) is 0 Å². The van der Waals surface area contributed by atoms with Crippen molar-refractivity contribution in [1.82, 2.24) is 0 Å². The van der Waals surface area contributed by atoms with Crippen molar-refractivity contribution in [2.75, 3.05) is 4.90 Å². The molecule has 0 unspecified atom stereocenters. The van der Waals surface area contributed by atoms with Crippen LogP contribution in [0.2, 0.25) is 0 Å². The molecule has 10 rings (SSSR count). The number of nitrogens with zero attached hydrogens (tertiary/aromatic N) is 1. The van der Waals surface area contributed by atoms with Crippen molar-refractivity contribution in [3.63, 3.8) is 0 Å². The molecule has 2 nitrogen and oxygen atoms in total. The third-order valence-corrected chi connectivity index (χ3v) is 10.7. The summed E-state index contributed by atoms with van der Waals surface area (Å²) >= 11 is 0. The summed E-state index contributed by atoms with van der Waals surface area (Å²) in [5, 5.41) is 2.17. The minimum absolute atomic E-state index is 0.858. The van der Waals surface area contributed by atoms with Gasteiger partial charge in [0.25, 0.3) is 0 Å². The van der Waals surface area contributed by atoms with Gasteiger partial charge in [-0.2, -0.15) is 0 Å². The van der Waals surface area contributed by atoms with Gasteiger partial charge >= 0.3 is 0 Å². The number of furan rings is 1. The van der Waals surface area contributed by atoms with Gasteiger partial charge in [0.1, 0.15) is 11.2 Å². The van der Waals surface area contributed by atoms with E-state index in [0.29, 0.717) is 0 Å². The van der Waals surface area contributed by atoms with E-state index in [9.17, 15) is 0 Å². The zero-order chi connectivity index (χ0) is 37.3. The Morgan fingerprint density at radius 2 is 0.643 bits per heavy atom. The van der Waals surface area contributed by atoms with E-state index < -0.39 is 0 Å². The summed E-state index contributed by atoms with van der Waals surface area (Å²) in [7, 11) is 0. The van der Waals surface area contributed by atoms with Crippen LogP contribution >= 0.6 is 0 Å². The lowest BCUT2D eigenvalue weighted by Gasteiger charge is -2.26. The quantitative estimate of drug-likeness (QED) is 0.156. The summed E-state index contributed by atoms with van der Waals surface area (Å²) in [6.45, 7) is 0. The first kappa shape index (κ1) is 33.2. The number of anilines is 3. The number of hydrogen-bond acceptors (Lipinski definition) is 2. The van der Waals surface area contributed by atoms with Gasteiger partial charge < -0.3 is 9.32 Å². The fraction of sp³-hybridized carbons (Fsp3) is 0. The van der Waals surface area contributed by atoms with Crippen LogP contribution in [0.4, 0.5) is 17.1 Å². The molecule has 9 aromatic carbocycles. The molecular weight excluding hydrogens is 679 g/mol. The Morgan fingerprint density at radius 3 is 1.11 bits per heavy atom. The molecule has 2 heteroatoms. The summed E-state index contributed by atoms with van der Waals surface area (Å²) in [5.41, 5.74) is 16.8. The van der Waals surface area contributed by atoms with Crippen LogP contribution in [0, 0.1) is 0 Å². The van der Waals surface area contributed by atoms with Crippen molar-refractivity contribution in [3.05, 3.63) is 224 Å². The van der Waals surface area contributed by atoms with Gasteiger partial charge in [0.2, 0.25) is 0 Å². The number of benzene rings is 9. The molecule has 0 aliphatic rings. The van der Waals surface area contributed by atoms with E-state index in [-0.39, 0.29) is 0 Å². The Morgan fingerprint density at radius 1 is 0.268 bits per heavy atom. The summed E-state index contributed by atoms with van der Waals surface area (Å²) < 4.78 is 6.53. The molecule has 0 fully saturated rings. The summed E-state index contributed by atoms with van der Waals surface area (Å²) in [6, 6.07) is 80.0. The highest BCUT2D eigenvalue weighted by molar-refractivity contribution is 6.14. The molecule has 56 heavy (non-hydrogen) atoms. The summed E-state index contributed by atoms with van der Waals surface area (Å²) in [4.78, 5) is 2.36. The van der Waals surface area contributed by atoms with Gasteiger partial charge in [0.05, 0.1) is 11.1 Å². The molecule has 264 valence electrons. The molecule has 0 aliphatic carbocycles. The number of fused-ring (bicyclic) bond motifs is 3. The molecule has 0 amide bonds. The standard InChI is InChI=1S/C54H37NO/c1-4-13-38(14-5-1)43-19-10-21-45(35-43)41-25-30-48(31-26-41)55(49-32-27-42(28-33-49)46-22-11-20-44(36-46)39-15-6-2-7-16-39)51-23-12-24-53-54(51)50-37-47(29-34-52(50)56-53)40-17-8-3-9-18-40/h1-37H. The van der Waals surface area contributed by atoms with E-state index in [0.717, 1.165) is 44.6 Å². The maximum Gasteiger partial charge on any atom is 0.137 e.